The van der Waals surface area contributed by atoms with Crippen molar-refractivity contribution in [1.29, 1.82) is 0 Å². The molecule has 260 valence electrons. The molecule has 1 atom stereocenters. The highest BCUT2D eigenvalue weighted by Crippen LogP contribution is 2.33. The predicted octanol–water partition coefficient (Wildman–Crippen LogP) is 8.04. The minimum atomic E-state index is -0.979. The fourth-order valence-electron chi connectivity index (χ4n) is 5.91. The number of carboxylic acid groups (broad SMARTS) is 1. The molecule has 3 aromatic rings. The molecule has 2 aromatic carbocycles. The number of alkyl carbamates (subject to hydrolysis) is 1. The molecular formula is C37H51N5O5S. The van der Waals surface area contributed by atoms with Crippen LogP contribution in [-0.4, -0.2) is 58.0 Å². The minimum absolute atomic E-state index is 0.0877. The molecule has 11 heteroatoms. The van der Waals surface area contributed by atoms with Gasteiger partial charge in [-0.15, -0.1) is 0 Å². The normalized spacial score (nSPS) is 16.8. The standard InChI is InChI=1S/C37H51N5O5S/c1-23-11-9-12-24(2)32(23)30-20-31(41-34(40-30)42-48-29-14-10-13-26(19-29)33(43)44)46-22-28(21-36(3,4)5)39-27-17-25(18-27)15-16-38-35(45)47-37(6,7)8/h9-14,19-20,25,27-28,39H,15-18,21-22H2,1-8H3,(H,38,45)(H,43,44)(H,40,41,42). The summed E-state index contributed by atoms with van der Waals surface area (Å²) in [7, 11) is 0. The molecular weight excluding hydrogens is 627 g/mol. The zero-order chi connectivity index (χ0) is 35.1. The van der Waals surface area contributed by atoms with Crippen molar-refractivity contribution in [2.45, 2.75) is 104 Å². The largest absolute Gasteiger partial charge is 0.478 e. The monoisotopic (exact) mass is 677 g/mol. The molecule has 4 rings (SSSR count). The molecule has 1 fully saturated rings. The summed E-state index contributed by atoms with van der Waals surface area (Å²) in [5.74, 6) is 0.411. The van der Waals surface area contributed by atoms with Crippen molar-refractivity contribution in [3.8, 4) is 17.1 Å². The summed E-state index contributed by atoms with van der Waals surface area (Å²) in [6.07, 6.45) is 3.58. The molecule has 1 saturated carbocycles. The number of aromatic nitrogens is 2. The summed E-state index contributed by atoms with van der Waals surface area (Å²) in [6.45, 7) is 17.5. The lowest BCUT2D eigenvalue weighted by atomic mass is 9.77. The first-order valence-corrected chi connectivity index (χ1v) is 17.4. The predicted molar refractivity (Wildman–Crippen MR) is 192 cm³/mol. The number of aryl methyl sites for hydroxylation is 2. The number of aromatic carboxylic acids is 1. The maximum atomic E-state index is 12.0. The maximum Gasteiger partial charge on any atom is 0.407 e. The van der Waals surface area contributed by atoms with Crippen LogP contribution in [0.15, 0.2) is 53.4 Å². The number of carbonyl (C=O) groups excluding carboxylic acids is 1. The van der Waals surface area contributed by atoms with Gasteiger partial charge < -0.3 is 25.2 Å². The lowest BCUT2D eigenvalue weighted by Crippen LogP contribution is -2.50. The summed E-state index contributed by atoms with van der Waals surface area (Å²) in [6, 6.07) is 15.3. The molecule has 0 aliphatic heterocycles. The molecule has 10 nitrogen and oxygen atoms in total. The number of hydrogen-bond acceptors (Lipinski definition) is 9. The van der Waals surface area contributed by atoms with E-state index in [4.69, 9.17) is 19.4 Å². The highest BCUT2D eigenvalue weighted by Gasteiger charge is 2.32. The molecule has 1 heterocycles. The van der Waals surface area contributed by atoms with Gasteiger partial charge in [0.15, 0.2) is 0 Å². The smallest absolute Gasteiger partial charge is 0.407 e. The second-order valence-corrected chi connectivity index (χ2v) is 15.8. The number of ether oxygens (including phenoxy) is 2. The number of rotatable bonds is 14. The summed E-state index contributed by atoms with van der Waals surface area (Å²) in [5, 5.41) is 16.1. The van der Waals surface area contributed by atoms with E-state index < -0.39 is 11.6 Å². The quantitative estimate of drug-likeness (QED) is 0.124. The Kier molecular flexibility index (Phi) is 12.4. The first kappa shape index (κ1) is 37.0. The van der Waals surface area contributed by atoms with E-state index in [2.05, 4.69) is 62.1 Å². The van der Waals surface area contributed by atoms with Gasteiger partial charge >= 0.3 is 12.1 Å². The zero-order valence-corrected chi connectivity index (χ0v) is 30.3. The summed E-state index contributed by atoms with van der Waals surface area (Å²) in [5.41, 5.74) is 3.77. The number of benzene rings is 2. The first-order valence-electron chi connectivity index (χ1n) is 16.6. The van der Waals surface area contributed by atoms with Crippen LogP contribution in [0.1, 0.15) is 88.7 Å². The van der Waals surface area contributed by atoms with Gasteiger partial charge in [-0.05, 0) is 113 Å². The van der Waals surface area contributed by atoms with Gasteiger partial charge in [0, 0.05) is 35.2 Å². The highest BCUT2D eigenvalue weighted by atomic mass is 32.2. The number of nitrogens with one attached hydrogen (secondary N) is 3. The molecule has 48 heavy (non-hydrogen) atoms. The Bertz CT molecular complexity index is 1540. The Hall–Kier alpha value is -3.83. The van der Waals surface area contributed by atoms with Gasteiger partial charge in [-0.3, -0.25) is 4.72 Å². The zero-order valence-electron chi connectivity index (χ0n) is 29.5. The number of hydrogen-bond donors (Lipinski definition) is 4. The van der Waals surface area contributed by atoms with Crippen LogP contribution < -0.4 is 20.1 Å². The van der Waals surface area contributed by atoms with Crippen molar-refractivity contribution in [3.05, 3.63) is 65.2 Å². The van der Waals surface area contributed by atoms with E-state index >= 15 is 0 Å². The van der Waals surface area contributed by atoms with E-state index in [9.17, 15) is 14.7 Å². The molecule has 1 unspecified atom stereocenters. The number of carbonyl (C=O) groups is 2. The Morgan fingerprint density at radius 3 is 2.33 bits per heavy atom. The SMILES string of the molecule is Cc1cccc(C)c1-c1cc(OCC(CC(C)(C)C)NC2CC(CCNC(=O)OC(C)(C)C)C2)nc(NSc2cccc(C(=O)O)c2)n1. The van der Waals surface area contributed by atoms with E-state index in [1.165, 1.54) is 11.9 Å². The van der Waals surface area contributed by atoms with Gasteiger partial charge in [0.25, 0.3) is 0 Å². The number of amides is 1. The molecule has 0 bridgehead atoms. The van der Waals surface area contributed by atoms with E-state index in [-0.39, 0.29) is 23.1 Å². The van der Waals surface area contributed by atoms with Crippen molar-refractivity contribution >= 4 is 30.0 Å². The topological polar surface area (TPSA) is 135 Å². The van der Waals surface area contributed by atoms with Gasteiger partial charge in [-0.1, -0.05) is 45.0 Å². The maximum absolute atomic E-state index is 12.0. The summed E-state index contributed by atoms with van der Waals surface area (Å²) < 4.78 is 15.0. The number of nitrogens with zero attached hydrogens (tertiary/aromatic N) is 2. The fourth-order valence-corrected chi connectivity index (χ4v) is 6.55. The van der Waals surface area contributed by atoms with E-state index in [0.29, 0.717) is 36.9 Å². The minimum Gasteiger partial charge on any atom is -0.478 e. The number of anilines is 1. The van der Waals surface area contributed by atoms with Crippen molar-refractivity contribution < 1.29 is 24.2 Å². The van der Waals surface area contributed by atoms with Crippen LogP contribution >= 0.6 is 11.9 Å². The summed E-state index contributed by atoms with van der Waals surface area (Å²) in [4.78, 5) is 33.7. The first-order chi connectivity index (χ1) is 22.5. The van der Waals surface area contributed by atoms with Crippen molar-refractivity contribution in [2.24, 2.45) is 11.3 Å². The molecule has 0 radical (unpaired) electrons. The summed E-state index contributed by atoms with van der Waals surface area (Å²) >= 11 is 1.25. The Morgan fingerprint density at radius 2 is 1.69 bits per heavy atom. The van der Waals surface area contributed by atoms with Crippen molar-refractivity contribution in [1.82, 2.24) is 20.6 Å². The molecule has 0 saturated heterocycles. The van der Waals surface area contributed by atoms with Gasteiger partial charge in [-0.2, -0.15) is 4.98 Å². The second-order valence-electron chi connectivity index (χ2n) is 14.9. The molecule has 1 aliphatic rings. The van der Waals surface area contributed by atoms with Gasteiger partial charge in [0.2, 0.25) is 11.8 Å². The molecule has 1 amide bonds. The van der Waals surface area contributed by atoms with Gasteiger partial charge in [0.1, 0.15) is 12.2 Å². The van der Waals surface area contributed by atoms with Crippen LogP contribution in [0.25, 0.3) is 11.3 Å². The van der Waals surface area contributed by atoms with E-state index in [0.717, 1.165) is 53.0 Å². The average molecular weight is 678 g/mol. The van der Waals surface area contributed by atoms with Crippen LogP contribution in [0, 0.1) is 25.2 Å². The van der Waals surface area contributed by atoms with E-state index in [1.54, 1.807) is 18.2 Å². The van der Waals surface area contributed by atoms with Crippen LogP contribution in [0.5, 0.6) is 5.88 Å². The lowest BCUT2D eigenvalue weighted by molar-refractivity contribution is 0.0519. The average Bonchev–Trinajstić information content (AvgIpc) is 2.96. The molecule has 1 aromatic heterocycles. The molecule has 0 spiro atoms. The second kappa shape index (κ2) is 16.0. The third-order valence-electron chi connectivity index (χ3n) is 8.00. The lowest BCUT2D eigenvalue weighted by Gasteiger charge is -2.39. The Labute approximate surface area is 289 Å². The Morgan fingerprint density at radius 1 is 1.00 bits per heavy atom. The van der Waals surface area contributed by atoms with E-state index in [1.807, 2.05) is 39.0 Å². The van der Waals surface area contributed by atoms with Gasteiger partial charge in [-0.25, -0.2) is 14.6 Å². The van der Waals surface area contributed by atoms with Crippen LogP contribution in [0.3, 0.4) is 0 Å². The molecule has 1 aliphatic carbocycles. The van der Waals surface area contributed by atoms with Crippen LogP contribution in [0.2, 0.25) is 0 Å². The Balaban J connectivity index is 1.43. The van der Waals surface area contributed by atoms with Crippen molar-refractivity contribution in [3.63, 3.8) is 0 Å². The third kappa shape index (κ3) is 11.7. The van der Waals surface area contributed by atoms with Crippen LogP contribution in [0.4, 0.5) is 10.7 Å². The third-order valence-corrected chi connectivity index (χ3v) is 8.77. The fraction of sp³-hybridized carbons (Fsp3) is 0.514. The highest BCUT2D eigenvalue weighted by molar-refractivity contribution is 8.00. The van der Waals surface area contributed by atoms with Gasteiger partial charge in [0.05, 0.1) is 11.3 Å². The van der Waals surface area contributed by atoms with Crippen LogP contribution in [-0.2, 0) is 4.74 Å². The van der Waals surface area contributed by atoms with Crippen molar-refractivity contribution in [2.75, 3.05) is 17.9 Å². The molecule has 4 N–H and O–H groups in total. The number of carboxylic acids is 1.